The van der Waals surface area contributed by atoms with Crippen molar-refractivity contribution in [3.05, 3.63) is 28.8 Å². The SMILES string of the molecule is CC(C)COCCCNS(=O)(=O)c1ccc(Cl)c(C(F)(F)F)c1. The predicted octanol–water partition coefficient (Wildman–Crippen LogP) is 3.70. The van der Waals surface area contributed by atoms with E-state index in [-0.39, 0.29) is 6.54 Å². The van der Waals surface area contributed by atoms with E-state index in [1.54, 1.807) is 0 Å². The monoisotopic (exact) mass is 373 g/mol. The van der Waals surface area contributed by atoms with Crippen LogP contribution in [0.2, 0.25) is 5.02 Å². The minimum Gasteiger partial charge on any atom is -0.381 e. The summed E-state index contributed by atoms with van der Waals surface area (Å²) in [6, 6.07) is 2.49. The van der Waals surface area contributed by atoms with Crippen molar-refractivity contribution in [2.45, 2.75) is 31.3 Å². The predicted molar refractivity (Wildman–Crippen MR) is 81.9 cm³/mol. The minimum absolute atomic E-state index is 0.0738. The molecule has 0 unspecified atom stereocenters. The second-order valence-electron chi connectivity index (χ2n) is 5.36. The van der Waals surface area contributed by atoms with Crippen LogP contribution in [0.3, 0.4) is 0 Å². The van der Waals surface area contributed by atoms with Crippen LogP contribution in [0.1, 0.15) is 25.8 Å². The smallest absolute Gasteiger partial charge is 0.381 e. The van der Waals surface area contributed by atoms with Crippen LogP contribution in [0.4, 0.5) is 13.2 Å². The third-order valence-corrected chi connectivity index (χ3v) is 4.55. The van der Waals surface area contributed by atoms with Crippen LogP contribution in [0.25, 0.3) is 0 Å². The number of alkyl halides is 3. The maximum absolute atomic E-state index is 12.8. The van der Waals surface area contributed by atoms with Crippen molar-refractivity contribution < 1.29 is 26.3 Å². The first kappa shape index (κ1) is 20.2. The molecule has 0 spiro atoms. The number of hydrogen-bond acceptors (Lipinski definition) is 3. The summed E-state index contributed by atoms with van der Waals surface area (Å²) >= 11 is 5.47. The molecule has 4 nitrogen and oxygen atoms in total. The molecule has 0 atom stereocenters. The Kier molecular flexibility index (Phi) is 7.31. The number of halogens is 4. The zero-order chi connectivity index (χ0) is 17.7. The van der Waals surface area contributed by atoms with Crippen molar-refractivity contribution >= 4 is 21.6 Å². The molecule has 132 valence electrons. The van der Waals surface area contributed by atoms with E-state index in [9.17, 15) is 21.6 Å². The van der Waals surface area contributed by atoms with Crippen LogP contribution in [0.5, 0.6) is 0 Å². The van der Waals surface area contributed by atoms with E-state index >= 15 is 0 Å². The highest BCUT2D eigenvalue weighted by Gasteiger charge is 2.34. The quantitative estimate of drug-likeness (QED) is 0.707. The first-order valence-corrected chi connectivity index (χ1v) is 8.84. The normalized spacial score (nSPS) is 12.8. The van der Waals surface area contributed by atoms with Crippen LogP contribution in [0, 0.1) is 5.92 Å². The van der Waals surface area contributed by atoms with Crippen LogP contribution in [-0.2, 0) is 20.9 Å². The van der Waals surface area contributed by atoms with Crippen molar-refractivity contribution in [3.8, 4) is 0 Å². The average Bonchev–Trinajstić information content (AvgIpc) is 2.41. The average molecular weight is 374 g/mol. The first-order chi connectivity index (χ1) is 10.5. The van der Waals surface area contributed by atoms with E-state index < -0.39 is 31.7 Å². The van der Waals surface area contributed by atoms with Crippen LogP contribution >= 0.6 is 11.6 Å². The molecule has 1 aromatic rings. The van der Waals surface area contributed by atoms with Gasteiger partial charge in [-0.05, 0) is 30.5 Å². The van der Waals surface area contributed by atoms with Gasteiger partial charge >= 0.3 is 6.18 Å². The molecular formula is C14H19ClF3NO3S. The van der Waals surface area contributed by atoms with Gasteiger partial charge in [-0.1, -0.05) is 25.4 Å². The van der Waals surface area contributed by atoms with Gasteiger partial charge < -0.3 is 4.74 Å². The van der Waals surface area contributed by atoms with Gasteiger partial charge in [0, 0.05) is 19.8 Å². The standard InChI is InChI=1S/C14H19ClF3NO3S/c1-10(2)9-22-7-3-6-19-23(20,21)11-4-5-13(15)12(8-11)14(16,17)18/h4-5,8,10,19H,3,6-7,9H2,1-2H3. The Morgan fingerprint density at radius 1 is 1.30 bits per heavy atom. The van der Waals surface area contributed by atoms with Crippen molar-refractivity contribution in [1.29, 1.82) is 0 Å². The van der Waals surface area contributed by atoms with E-state index in [0.717, 1.165) is 12.1 Å². The largest absolute Gasteiger partial charge is 0.417 e. The molecule has 0 fully saturated rings. The van der Waals surface area contributed by atoms with Crippen LogP contribution in [0.15, 0.2) is 23.1 Å². The summed E-state index contributed by atoms with van der Waals surface area (Å²) < 4.78 is 69.8. The third-order valence-electron chi connectivity index (χ3n) is 2.76. The maximum atomic E-state index is 12.8. The van der Waals surface area contributed by atoms with Gasteiger partial charge in [-0.15, -0.1) is 0 Å². The summed E-state index contributed by atoms with van der Waals surface area (Å²) in [4.78, 5) is -0.475. The zero-order valence-corrected chi connectivity index (χ0v) is 14.4. The Balaban J connectivity index is 2.67. The summed E-state index contributed by atoms with van der Waals surface area (Å²) in [7, 11) is -4.03. The Labute approximate surface area is 139 Å². The Morgan fingerprint density at radius 3 is 2.52 bits per heavy atom. The number of nitrogens with one attached hydrogen (secondary N) is 1. The molecular weight excluding hydrogens is 355 g/mol. The van der Waals surface area contributed by atoms with E-state index in [1.165, 1.54) is 0 Å². The maximum Gasteiger partial charge on any atom is 0.417 e. The lowest BCUT2D eigenvalue weighted by atomic mass is 10.2. The van der Waals surface area contributed by atoms with Gasteiger partial charge in [0.1, 0.15) is 0 Å². The van der Waals surface area contributed by atoms with Crippen LogP contribution < -0.4 is 4.72 Å². The molecule has 0 saturated heterocycles. The molecule has 9 heteroatoms. The number of benzene rings is 1. The summed E-state index contributed by atoms with van der Waals surface area (Å²) in [5.41, 5.74) is -1.18. The molecule has 1 aromatic carbocycles. The molecule has 0 radical (unpaired) electrons. The molecule has 1 rings (SSSR count). The Hall–Kier alpha value is -0.830. The van der Waals surface area contributed by atoms with Crippen molar-refractivity contribution in [2.24, 2.45) is 5.92 Å². The number of rotatable bonds is 8. The molecule has 23 heavy (non-hydrogen) atoms. The number of sulfonamides is 1. The van der Waals surface area contributed by atoms with Gasteiger partial charge in [-0.2, -0.15) is 13.2 Å². The van der Waals surface area contributed by atoms with E-state index in [4.69, 9.17) is 16.3 Å². The van der Waals surface area contributed by atoms with Gasteiger partial charge in [0.25, 0.3) is 0 Å². The van der Waals surface area contributed by atoms with Gasteiger partial charge in [0.2, 0.25) is 10.0 Å². The first-order valence-electron chi connectivity index (χ1n) is 6.98. The lowest BCUT2D eigenvalue weighted by Crippen LogP contribution is -2.26. The topological polar surface area (TPSA) is 55.4 Å². The molecule has 1 N–H and O–H groups in total. The van der Waals surface area contributed by atoms with Gasteiger partial charge in [-0.25, -0.2) is 13.1 Å². The third kappa shape index (κ3) is 6.66. The fourth-order valence-corrected chi connectivity index (χ4v) is 3.00. The number of hydrogen-bond donors (Lipinski definition) is 1. The van der Waals surface area contributed by atoms with Crippen molar-refractivity contribution in [2.75, 3.05) is 19.8 Å². The lowest BCUT2D eigenvalue weighted by Gasteiger charge is -2.12. The molecule has 0 aliphatic rings. The Bertz CT molecular complexity index is 618. The highest BCUT2D eigenvalue weighted by Crippen LogP contribution is 2.35. The second-order valence-corrected chi connectivity index (χ2v) is 7.53. The molecule has 0 saturated carbocycles. The summed E-state index contributed by atoms with van der Waals surface area (Å²) in [6.07, 6.45) is -4.29. The number of ether oxygens (including phenoxy) is 1. The highest BCUT2D eigenvalue weighted by molar-refractivity contribution is 7.89. The van der Waals surface area contributed by atoms with Crippen LogP contribution in [-0.4, -0.2) is 28.2 Å². The molecule has 0 amide bonds. The molecule has 0 heterocycles. The van der Waals surface area contributed by atoms with Crippen molar-refractivity contribution in [3.63, 3.8) is 0 Å². The lowest BCUT2D eigenvalue weighted by molar-refractivity contribution is -0.137. The highest BCUT2D eigenvalue weighted by atomic mass is 35.5. The van der Waals surface area contributed by atoms with E-state index in [2.05, 4.69) is 4.72 Å². The summed E-state index contributed by atoms with van der Waals surface area (Å²) in [6.45, 7) is 4.99. The molecule has 0 bridgehead atoms. The molecule has 0 aliphatic heterocycles. The summed E-state index contributed by atoms with van der Waals surface area (Å²) in [5, 5.41) is -0.543. The fraction of sp³-hybridized carbons (Fsp3) is 0.571. The molecule has 0 aromatic heterocycles. The van der Waals surface area contributed by atoms with E-state index in [1.807, 2.05) is 13.8 Å². The second kappa shape index (κ2) is 8.32. The van der Waals surface area contributed by atoms with Gasteiger partial charge in [0.15, 0.2) is 0 Å². The summed E-state index contributed by atoms with van der Waals surface area (Å²) in [5.74, 6) is 0.376. The minimum atomic E-state index is -4.71. The fourth-order valence-electron chi connectivity index (χ4n) is 1.67. The zero-order valence-electron chi connectivity index (χ0n) is 12.8. The van der Waals surface area contributed by atoms with Crippen molar-refractivity contribution in [1.82, 2.24) is 4.72 Å². The van der Waals surface area contributed by atoms with Gasteiger partial charge in [0.05, 0.1) is 15.5 Å². The molecule has 0 aliphatic carbocycles. The van der Waals surface area contributed by atoms with E-state index in [0.29, 0.717) is 31.6 Å². The van der Waals surface area contributed by atoms with Gasteiger partial charge in [-0.3, -0.25) is 0 Å². The Morgan fingerprint density at radius 2 is 1.96 bits per heavy atom.